The zero-order chi connectivity index (χ0) is 71.7. The Hall–Kier alpha value is -8.64. The highest BCUT2D eigenvalue weighted by atomic mass is 33.1. The highest BCUT2D eigenvalue weighted by Crippen LogP contribution is 2.26. The minimum atomic E-state index is -1.97. The number of ketones is 1. The van der Waals surface area contributed by atoms with Gasteiger partial charge >= 0.3 is 5.97 Å². The van der Waals surface area contributed by atoms with Gasteiger partial charge in [0.1, 0.15) is 60.4 Å². The van der Waals surface area contributed by atoms with Crippen molar-refractivity contribution in [3.63, 3.8) is 0 Å². The molecule has 0 saturated carbocycles. The van der Waals surface area contributed by atoms with Crippen LogP contribution in [0.2, 0.25) is 0 Å². The molecule has 2 saturated heterocycles. The normalized spacial score (nSPS) is 20.9. The topological polar surface area (TPSA) is 477 Å². The van der Waals surface area contributed by atoms with Crippen molar-refractivity contribution in [3.05, 3.63) is 59.7 Å². The highest BCUT2D eigenvalue weighted by Gasteiger charge is 2.41. The van der Waals surface area contributed by atoms with Crippen molar-refractivity contribution in [2.75, 3.05) is 90.3 Å². The van der Waals surface area contributed by atoms with Crippen molar-refractivity contribution in [1.29, 1.82) is 0 Å². The number of carboxylic acids is 1. The Kier molecular flexibility index (Phi) is 35.1. The Morgan fingerprint density at radius 3 is 1.77 bits per heavy atom. The van der Waals surface area contributed by atoms with Crippen molar-refractivity contribution in [2.24, 2.45) is 5.92 Å². The van der Waals surface area contributed by atoms with E-state index in [2.05, 4.69) is 58.5 Å². The molecule has 0 spiro atoms. The number of nitrogens with one attached hydrogen (secondary N) is 11. The van der Waals surface area contributed by atoms with Gasteiger partial charge in [0.2, 0.25) is 70.9 Å². The van der Waals surface area contributed by atoms with Crippen LogP contribution in [0.5, 0.6) is 11.5 Å². The average molecular weight is 1400 g/mol. The molecule has 2 heterocycles. The molecule has 12 amide bonds. The van der Waals surface area contributed by atoms with E-state index < -0.39 is 139 Å². The SMILES string of the molecule is CC(=O)NCCN(CCNC(C)=O)CC(=O)NCCOCCOCC(=O)NC(CC(C)C)C(=O)N1CCC[C@H]1C(=O)N[C@H]1CSSC[C@@H](C(C)=O)NC(=O)[C@H](C(C)O)NC(=O)CNC(=O)[C@H](Cc2ccc(O)cc2)NC(=O)[C@H](Cc2ccc(O)cc2)NC(=O)[C@H](CC(=O)O)NC1=O. The number of likely N-dealkylation sites (tertiary alicyclic amines) is 1. The third-order valence-electron chi connectivity index (χ3n) is 14.9. The van der Waals surface area contributed by atoms with Gasteiger partial charge in [0, 0.05) is 77.5 Å². The molecular formula is C62H91N13O20S2. The number of hydrogen-bond donors (Lipinski definition) is 15. The summed E-state index contributed by atoms with van der Waals surface area (Å²) >= 11 is 0. The van der Waals surface area contributed by atoms with Gasteiger partial charge in [-0.25, -0.2) is 0 Å². The lowest BCUT2D eigenvalue weighted by molar-refractivity contribution is -0.143. The molecule has 4 rings (SSSR count). The van der Waals surface area contributed by atoms with E-state index in [1.807, 2.05) is 13.8 Å². The number of carboxylic acid groups (broad SMARTS) is 1. The molecule has 2 fully saturated rings. The predicted molar refractivity (Wildman–Crippen MR) is 352 cm³/mol. The summed E-state index contributed by atoms with van der Waals surface area (Å²) in [4.78, 5) is 191. The minimum absolute atomic E-state index is 0.00442. The van der Waals surface area contributed by atoms with E-state index in [0.29, 0.717) is 43.7 Å². The molecule has 0 aliphatic carbocycles. The van der Waals surface area contributed by atoms with Gasteiger partial charge in [0.25, 0.3) is 0 Å². The zero-order valence-corrected chi connectivity index (χ0v) is 56.7. The maximum Gasteiger partial charge on any atom is 0.305 e. The number of phenols is 2. The highest BCUT2D eigenvalue weighted by molar-refractivity contribution is 8.76. The number of rotatable bonds is 30. The Labute approximate surface area is 569 Å². The number of phenolic OH excluding ortho intramolecular Hbond substituents is 2. The van der Waals surface area contributed by atoms with E-state index >= 15 is 0 Å². The number of aliphatic carboxylic acids is 1. The maximum atomic E-state index is 14.6. The smallest absolute Gasteiger partial charge is 0.305 e. The molecule has 0 radical (unpaired) electrons. The van der Waals surface area contributed by atoms with Gasteiger partial charge in [-0.3, -0.25) is 72.0 Å². The quantitative estimate of drug-likeness (QED) is 0.0262. The van der Waals surface area contributed by atoms with Crippen LogP contribution in [-0.2, 0) is 89.4 Å². The first-order valence-electron chi connectivity index (χ1n) is 31.5. The fraction of sp³-hybridized carbons (Fsp3) is 0.581. The molecule has 33 nitrogen and oxygen atoms in total. The molecule has 35 heteroatoms. The van der Waals surface area contributed by atoms with E-state index in [9.17, 15) is 87.5 Å². The molecule has 2 aliphatic heterocycles. The Morgan fingerprint density at radius 2 is 1.22 bits per heavy atom. The fourth-order valence-electron chi connectivity index (χ4n) is 9.87. The monoisotopic (exact) mass is 1400 g/mol. The number of hydrogen-bond acceptors (Lipinski definition) is 22. The number of nitrogens with zero attached hydrogens (tertiary/aromatic N) is 2. The number of aliphatic hydroxyl groups is 1. The van der Waals surface area contributed by atoms with Crippen molar-refractivity contribution in [2.45, 2.75) is 135 Å². The standard InChI is InChI=1S/C62H91N13O20S2/c1-35(2)26-47(67-53(84)32-95-25-24-94-23-19-65-52(83)31-74(21-17-63-38(5)78)22-18-64-39(6)79)62(93)75-20-7-8-50(75)60(91)72-49-34-97-96-33-48(36(3)76)71-61(92)55(37(4)77)73-51(82)30-66-56(87)44(27-40-9-13-42(80)14-10-40)68-57(88)45(28-41-11-15-43(81)16-12-41)69-58(89)46(29-54(85)86)70-59(49)90/h9-16,35,37,44-50,55,77,80-81H,7-8,17-34H2,1-6H3,(H,63,78)(H,64,79)(H,65,83)(H,66,87)(H,67,84)(H,68,88)(H,69,89)(H,70,90)(H,71,92)(H,72,91)(H,73,82)(H,85,86)/t37?,44-,45-,46-,47?,48-,49-,50-,55-/m0/s1. The van der Waals surface area contributed by atoms with Crippen molar-refractivity contribution >= 4 is 104 Å². The largest absolute Gasteiger partial charge is 0.508 e. The molecule has 2 aromatic carbocycles. The molecule has 0 aromatic heterocycles. The van der Waals surface area contributed by atoms with Crippen LogP contribution in [0, 0.1) is 5.92 Å². The zero-order valence-electron chi connectivity index (χ0n) is 55.1. The van der Waals surface area contributed by atoms with Gasteiger partial charge in [0.15, 0.2) is 5.78 Å². The second-order valence-corrected chi connectivity index (χ2v) is 26.1. The molecule has 536 valence electrons. The third-order valence-corrected chi connectivity index (χ3v) is 17.3. The number of amides is 12. The number of carbonyl (C=O) groups is 14. The van der Waals surface area contributed by atoms with E-state index in [-0.39, 0.29) is 112 Å². The molecular weight excluding hydrogens is 1310 g/mol. The van der Waals surface area contributed by atoms with E-state index in [0.717, 1.165) is 28.5 Å². The Morgan fingerprint density at radius 1 is 0.660 bits per heavy atom. The summed E-state index contributed by atoms with van der Waals surface area (Å²) in [5.41, 5.74) is 0.724. The van der Waals surface area contributed by atoms with Gasteiger partial charge in [-0.15, -0.1) is 0 Å². The number of aliphatic hydroxyl groups excluding tert-OH is 1. The van der Waals surface area contributed by atoms with Crippen LogP contribution in [0.1, 0.15) is 78.4 Å². The molecule has 15 N–H and O–H groups in total. The van der Waals surface area contributed by atoms with Gasteiger partial charge in [0.05, 0.1) is 51.5 Å². The van der Waals surface area contributed by atoms with E-state index in [1.54, 1.807) is 4.90 Å². The van der Waals surface area contributed by atoms with Crippen LogP contribution in [0.3, 0.4) is 0 Å². The predicted octanol–water partition coefficient (Wildman–Crippen LogP) is -4.01. The van der Waals surface area contributed by atoms with E-state index in [4.69, 9.17) is 9.47 Å². The second-order valence-electron chi connectivity index (χ2n) is 23.5. The summed E-state index contributed by atoms with van der Waals surface area (Å²) in [6.07, 6.45) is -2.77. The first-order chi connectivity index (χ1) is 46.0. The summed E-state index contributed by atoms with van der Waals surface area (Å²) in [6, 6.07) is -1.27. The van der Waals surface area contributed by atoms with Gasteiger partial charge in [-0.1, -0.05) is 59.7 Å². The number of benzene rings is 2. The fourth-order valence-corrected chi connectivity index (χ4v) is 12.3. The summed E-state index contributed by atoms with van der Waals surface area (Å²) in [6.45, 7) is 9.02. The maximum absolute atomic E-state index is 14.6. The number of ether oxygens (including phenoxy) is 2. The summed E-state index contributed by atoms with van der Waals surface area (Å²) < 4.78 is 11.1. The summed E-state index contributed by atoms with van der Waals surface area (Å²) in [5, 5.41) is 68.8. The lowest BCUT2D eigenvalue weighted by Gasteiger charge is -2.30. The van der Waals surface area contributed by atoms with Crippen LogP contribution in [-0.4, -0.2) is 258 Å². The van der Waals surface area contributed by atoms with Gasteiger partial charge in [-0.2, -0.15) is 0 Å². The van der Waals surface area contributed by atoms with Crippen LogP contribution in [0.4, 0.5) is 0 Å². The average Bonchev–Trinajstić information content (AvgIpc) is 1.82. The van der Waals surface area contributed by atoms with Gasteiger partial charge in [-0.05, 0) is 74.4 Å². The molecule has 0 bridgehead atoms. The van der Waals surface area contributed by atoms with Crippen LogP contribution >= 0.6 is 21.6 Å². The number of Topliss-reactive ketones (excluding diaryl/α,β-unsaturated/α-hetero) is 1. The summed E-state index contributed by atoms with van der Waals surface area (Å²) in [7, 11) is 1.83. The molecule has 2 unspecified atom stereocenters. The first-order valence-corrected chi connectivity index (χ1v) is 34.0. The van der Waals surface area contributed by atoms with Crippen LogP contribution in [0.25, 0.3) is 0 Å². The van der Waals surface area contributed by atoms with Crippen molar-refractivity contribution < 1.29 is 97.0 Å². The van der Waals surface area contributed by atoms with Crippen molar-refractivity contribution in [1.82, 2.24) is 68.3 Å². The molecule has 9 atom stereocenters. The minimum Gasteiger partial charge on any atom is -0.508 e. The van der Waals surface area contributed by atoms with Crippen LogP contribution in [0.15, 0.2) is 48.5 Å². The van der Waals surface area contributed by atoms with Gasteiger partial charge < -0.3 is 93.3 Å². The van der Waals surface area contributed by atoms with Crippen molar-refractivity contribution in [3.8, 4) is 11.5 Å². The first kappa shape index (κ1) is 80.8. The second kappa shape index (κ2) is 42.1. The molecule has 2 aliphatic rings. The number of carbonyl (C=O) groups excluding carboxylic acids is 13. The van der Waals surface area contributed by atoms with E-state index in [1.165, 1.54) is 74.2 Å². The van der Waals surface area contributed by atoms with Crippen LogP contribution < -0.4 is 58.5 Å². The Bertz CT molecular complexity index is 3020. The summed E-state index contributed by atoms with van der Waals surface area (Å²) in [5.74, 6) is -12.5. The number of aromatic hydroxyl groups is 2. The lowest BCUT2D eigenvalue weighted by Crippen LogP contribution is -2.60. The third kappa shape index (κ3) is 30.5. The molecule has 97 heavy (non-hydrogen) atoms. The lowest BCUT2D eigenvalue weighted by atomic mass is 10.0. The Balaban J connectivity index is 1.55. The molecule has 2 aromatic rings.